The molecule has 2 atom stereocenters. The predicted octanol–water partition coefficient (Wildman–Crippen LogP) is 4.67. The number of hydrogen-bond acceptors (Lipinski definition) is 5. The quantitative estimate of drug-likeness (QED) is 0.322. The average Bonchev–Trinajstić information content (AvgIpc) is 3.35. The van der Waals surface area contributed by atoms with Crippen molar-refractivity contribution < 1.29 is 9.53 Å². The molecule has 196 valence electrons. The molecule has 7 nitrogen and oxygen atoms in total. The molecule has 1 unspecified atom stereocenters. The van der Waals surface area contributed by atoms with Crippen LogP contribution in [0.5, 0.6) is 0 Å². The molecule has 1 fully saturated rings. The maximum absolute atomic E-state index is 13.2. The number of nitrogens with zero attached hydrogens (tertiary/aromatic N) is 4. The van der Waals surface area contributed by atoms with E-state index in [1.165, 1.54) is 0 Å². The Morgan fingerprint density at radius 2 is 1.37 bits per heavy atom. The summed E-state index contributed by atoms with van der Waals surface area (Å²) in [6, 6.07) is 27.6. The lowest BCUT2D eigenvalue weighted by atomic mass is 10.0. The maximum Gasteiger partial charge on any atom is 0.333 e. The van der Waals surface area contributed by atoms with Crippen molar-refractivity contribution >= 4 is 11.7 Å². The number of imidazole rings is 1. The number of anilines is 1. The highest BCUT2D eigenvalue weighted by Gasteiger charge is 2.31. The number of aromatic nitrogens is 2. The number of ether oxygens (including phenoxy) is 1. The highest BCUT2D eigenvalue weighted by atomic mass is 16.5. The Kier molecular flexibility index (Phi) is 7.75. The van der Waals surface area contributed by atoms with Crippen molar-refractivity contribution in [2.75, 3.05) is 37.7 Å². The fourth-order valence-corrected chi connectivity index (χ4v) is 5.19. The van der Waals surface area contributed by atoms with E-state index in [4.69, 9.17) is 4.74 Å². The number of carbonyl (C=O) groups is 1. The van der Waals surface area contributed by atoms with Crippen molar-refractivity contribution in [3.8, 4) is 5.69 Å². The van der Waals surface area contributed by atoms with Gasteiger partial charge in [0.1, 0.15) is 6.04 Å². The number of piperazine rings is 1. The molecule has 1 aliphatic heterocycles. The molecule has 38 heavy (non-hydrogen) atoms. The van der Waals surface area contributed by atoms with E-state index in [0.717, 1.165) is 48.7 Å². The Morgan fingerprint density at radius 1 is 0.789 bits per heavy atom. The van der Waals surface area contributed by atoms with Crippen LogP contribution in [0, 0.1) is 0 Å². The van der Waals surface area contributed by atoms with Crippen molar-refractivity contribution in [3.63, 3.8) is 0 Å². The molecule has 1 saturated heterocycles. The second kappa shape index (κ2) is 11.5. The van der Waals surface area contributed by atoms with Gasteiger partial charge in [0.05, 0.1) is 18.3 Å². The minimum absolute atomic E-state index is 0.0464. The van der Waals surface area contributed by atoms with Gasteiger partial charge in [-0.2, -0.15) is 0 Å². The third-order valence-corrected chi connectivity index (χ3v) is 7.30. The van der Waals surface area contributed by atoms with Crippen LogP contribution >= 0.6 is 0 Å². The standard InChI is InChI=1S/C31H34N4O3/c1-3-38-30(36)29(26-12-8-5-9-13-26)33-20-18-32(19-21-33)27-14-16-28(17-15-27)35-23-22-34(31(35)37)24(2)25-10-6-4-7-11-25/h4-17,22-24,29H,3,18-21H2,1-2H3/t24-,29?/m0/s1. The van der Waals surface area contributed by atoms with Crippen LogP contribution in [-0.2, 0) is 9.53 Å². The molecule has 7 heteroatoms. The van der Waals surface area contributed by atoms with Crippen LogP contribution in [0.4, 0.5) is 5.69 Å². The average molecular weight is 511 g/mol. The minimum atomic E-state index is -0.394. The Labute approximate surface area is 223 Å². The van der Waals surface area contributed by atoms with Gasteiger partial charge in [0.2, 0.25) is 0 Å². The summed E-state index contributed by atoms with van der Waals surface area (Å²) >= 11 is 0. The lowest BCUT2D eigenvalue weighted by Crippen LogP contribution is -2.49. The van der Waals surface area contributed by atoms with Gasteiger partial charge in [0.15, 0.2) is 0 Å². The van der Waals surface area contributed by atoms with Crippen LogP contribution in [0.2, 0.25) is 0 Å². The number of benzene rings is 3. The Bertz CT molecular complexity index is 1390. The molecule has 0 saturated carbocycles. The maximum atomic E-state index is 13.2. The zero-order valence-corrected chi connectivity index (χ0v) is 21.9. The third kappa shape index (κ3) is 5.29. The first-order valence-electron chi connectivity index (χ1n) is 13.2. The highest BCUT2D eigenvalue weighted by Crippen LogP contribution is 2.26. The largest absolute Gasteiger partial charge is 0.465 e. The zero-order chi connectivity index (χ0) is 26.5. The van der Waals surface area contributed by atoms with Crippen LogP contribution in [-0.4, -0.2) is 52.8 Å². The predicted molar refractivity (Wildman–Crippen MR) is 150 cm³/mol. The normalized spacial score (nSPS) is 15.7. The monoisotopic (exact) mass is 510 g/mol. The van der Waals surface area contributed by atoms with Crippen LogP contribution in [0.3, 0.4) is 0 Å². The molecule has 2 heterocycles. The third-order valence-electron chi connectivity index (χ3n) is 7.30. The van der Waals surface area contributed by atoms with Crippen molar-refractivity contribution in [2.24, 2.45) is 0 Å². The molecule has 0 N–H and O–H groups in total. The first-order valence-corrected chi connectivity index (χ1v) is 13.2. The number of hydrogen-bond donors (Lipinski definition) is 0. The van der Waals surface area contributed by atoms with Crippen LogP contribution in [0.25, 0.3) is 5.69 Å². The van der Waals surface area contributed by atoms with Crippen molar-refractivity contribution in [1.29, 1.82) is 0 Å². The van der Waals surface area contributed by atoms with E-state index in [0.29, 0.717) is 6.61 Å². The minimum Gasteiger partial charge on any atom is -0.465 e. The van der Waals surface area contributed by atoms with Gasteiger partial charge in [-0.1, -0.05) is 60.7 Å². The van der Waals surface area contributed by atoms with E-state index in [2.05, 4.69) is 21.9 Å². The molecule has 4 aromatic rings. The number of carbonyl (C=O) groups excluding carboxylic acids is 1. The lowest BCUT2D eigenvalue weighted by Gasteiger charge is -2.39. The summed E-state index contributed by atoms with van der Waals surface area (Å²) in [6.45, 7) is 7.34. The zero-order valence-electron chi connectivity index (χ0n) is 21.9. The van der Waals surface area contributed by atoms with E-state index in [9.17, 15) is 9.59 Å². The molecule has 0 bridgehead atoms. The fraction of sp³-hybridized carbons (Fsp3) is 0.290. The highest BCUT2D eigenvalue weighted by molar-refractivity contribution is 5.77. The van der Waals surface area contributed by atoms with Crippen LogP contribution in [0.1, 0.15) is 37.1 Å². The molecule has 0 aliphatic carbocycles. The molecule has 1 aromatic heterocycles. The first kappa shape index (κ1) is 25.5. The van der Waals surface area contributed by atoms with E-state index in [1.807, 2.05) is 99.0 Å². The summed E-state index contributed by atoms with van der Waals surface area (Å²) in [6.07, 6.45) is 3.68. The molecule has 1 aliphatic rings. The summed E-state index contributed by atoms with van der Waals surface area (Å²) in [5.41, 5.74) is 3.93. The van der Waals surface area contributed by atoms with E-state index in [1.54, 1.807) is 9.13 Å². The summed E-state index contributed by atoms with van der Waals surface area (Å²) in [5.74, 6) is -0.199. The van der Waals surface area contributed by atoms with E-state index >= 15 is 0 Å². The summed E-state index contributed by atoms with van der Waals surface area (Å²) < 4.78 is 8.85. The van der Waals surface area contributed by atoms with Crippen molar-refractivity contribution in [2.45, 2.75) is 25.9 Å². The number of rotatable bonds is 8. The summed E-state index contributed by atoms with van der Waals surface area (Å²) in [4.78, 5) is 30.5. The van der Waals surface area contributed by atoms with Gasteiger partial charge in [-0.3, -0.25) is 14.0 Å². The molecular formula is C31H34N4O3. The van der Waals surface area contributed by atoms with Gasteiger partial charge < -0.3 is 9.64 Å². The Balaban J connectivity index is 1.27. The molecule has 3 aromatic carbocycles. The van der Waals surface area contributed by atoms with Crippen molar-refractivity contribution in [1.82, 2.24) is 14.0 Å². The second-order valence-electron chi connectivity index (χ2n) is 9.55. The second-order valence-corrected chi connectivity index (χ2v) is 9.55. The van der Waals surface area contributed by atoms with Gasteiger partial charge in [-0.05, 0) is 49.2 Å². The topological polar surface area (TPSA) is 59.7 Å². The Hall–Kier alpha value is -4.10. The summed E-state index contributed by atoms with van der Waals surface area (Å²) in [7, 11) is 0. The van der Waals surface area contributed by atoms with Crippen LogP contribution in [0.15, 0.2) is 102 Å². The van der Waals surface area contributed by atoms with Crippen molar-refractivity contribution in [3.05, 3.63) is 119 Å². The van der Waals surface area contributed by atoms with Gasteiger partial charge in [0.25, 0.3) is 0 Å². The smallest absolute Gasteiger partial charge is 0.333 e. The Morgan fingerprint density at radius 3 is 1.97 bits per heavy atom. The van der Waals surface area contributed by atoms with Gasteiger partial charge >= 0.3 is 11.7 Å². The van der Waals surface area contributed by atoms with Gasteiger partial charge in [0, 0.05) is 44.3 Å². The molecule has 0 radical (unpaired) electrons. The van der Waals surface area contributed by atoms with Crippen LogP contribution < -0.4 is 10.6 Å². The SMILES string of the molecule is CCOC(=O)C(c1ccccc1)N1CCN(c2ccc(-n3ccn([C@@H](C)c4ccccc4)c3=O)cc2)CC1. The lowest BCUT2D eigenvalue weighted by molar-refractivity contribution is -0.150. The molecule has 5 rings (SSSR count). The summed E-state index contributed by atoms with van der Waals surface area (Å²) in [5, 5.41) is 0. The van der Waals surface area contributed by atoms with E-state index in [-0.39, 0.29) is 17.7 Å². The number of esters is 1. The molecular weight excluding hydrogens is 476 g/mol. The fourth-order valence-electron chi connectivity index (χ4n) is 5.19. The molecule has 0 amide bonds. The molecule has 0 spiro atoms. The van der Waals surface area contributed by atoms with E-state index < -0.39 is 6.04 Å². The van der Waals surface area contributed by atoms with Gasteiger partial charge in [-0.25, -0.2) is 9.59 Å². The van der Waals surface area contributed by atoms with Gasteiger partial charge in [-0.15, -0.1) is 0 Å². The first-order chi connectivity index (χ1) is 18.6.